The molecule has 2 aromatic heterocycles. The van der Waals surface area contributed by atoms with Gasteiger partial charge in [0.15, 0.2) is 0 Å². The van der Waals surface area contributed by atoms with Gasteiger partial charge in [-0.3, -0.25) is 4.98 Å². The van der Waals surface area contributed by atoms with E-state index < -0.39 is 0 Å². The number of rotatable bonds is 8. The molecule has 6 heteroatoms. The Labute approximate surface area is 176 Å². The SMILES string of the molecule is COc1ccc2nccc(OC[C@@H]3CC[C@@H](NCC=Cc4ccccc4)CO3)c2n1. The molecule has 1 N–H and O–H groups in total. The van der Waals surface area contributed by atoms with Crippen LogP contribution in [0.2, 0.25) is 0 Å². The molecule has 4 rings (SSSR count). The molecule has 0 radical (unpaired) electrons. The molecular formula is C24H27N3O3. The Morgan fingerprint density at radius 1 is 1.13 bits per heavy atom. The smallest absolute Gasteiger partial charge is 0.213 e. The van der Waals surface area contributed by atoms with Gasteiger partial charge in [-0.1, -0.05) is 42.5 Å². The van der Waals surface area contributed by atoms with Crippen molar-refractivity contribution in [1.29, 1.82) is 0 Å². The third kappa shape index (κ3) is 5.34. The topological polar surface area (TPSA) is 65.5 Å². The number of ether oxygens (including phenoxy) is 3. The molecule has 3 heterocycles. The van der Waals surface area contributed by atoms with E-state index in [0.29, 0.717) is 36.4 Å². The Balaban J connectivity index is 1.23. The van der Waals surface area contributed by atoms with Crippen molar-refractivity contribution in [3.63, 3.8) is 0 Å². The van der Waals surface area contributed by atoms with Gasteiger partial charge in [0.1, 0.15) is 17.9 Å². The number of methoxy groups -OCH3 is 1. The Kier molecular flexibility index (Phi) is 6.90. The highest BCUT2D eigenvalue weighted by Gasteiger charge is 2.22. The van der Waals surface area contributed by atoms with Crippen LogP contribution in [0.4, 0.5) is 0 Å². The van der Waals surface area contributed by atoms with E-state index in [-0.39, 0.29) is 6.10 Å². The van der Waals surface area contributed by atoms with Crippen LogP contribution in [0, 0.1) is 0 Å². The van der Waals surface area contributed by atoms with Gasteiger partial charge in [0, 0.05) is 30.9 Å². The second kappa shape index (κ2) is 10.2. The van der Waals surface area contributed by atoms with Crippen molar-refractivity contribution in [1.82, 2.24) is 15.3 Å². The van der Waals surface area contributed by atoms with Gasteiger partial charge in [0.2, 0.25) is 5.88 Å². The summed E-state index contributed by atoms with van der Waals surface area (Å²) in [4.78, 5) is 8.80. The lowest BCUT2D eigenvalue weighted by molar-refractivity contribution is -0.0253. The van der Waals surface area contributed by atoms with Crippen LogP contribution in [-0.4, -0.2) is 49.0 Å². The van der Waals surface area contributed by atoms with Gasteiger partial charge in [-0.05, 0) is 24.5 Å². The van der Waals surface area contributed by atoms with Crippen molar-refractivity contribution in [2.75, 3.05) is 26.9 Å². The standard InChI is InChI=1S/C24H27N3O3/c1-28-23-12-11-21-24(27-23)22(13-15-26-21)30-17-20-10-9-19(16-29-20)25-14-5-8-18-6-3-2-4-7-18/h2-8,11-13,15,19-20,25H,9-10,14,16-17H2,1H3/t19-,20+/m1/s1. The quantitative estimate of drug-likeness (QED) is 0.614. The summed E-state index contributed by atoms with van der Waals surface area (Å²) < 4.78 is 17.3. The summed E-state index contributed by atoms with van der Waals surface area (Å²) in [5.41, 5.74) is 2.70. The molecule has 0 bridgehead atoms. The number of pyridine rings is 2. The van der Waals surface area contributed by atoms with Crippen LogP contribution >= 0.6 is 0 Å². The molecule has 1 saturated heterocycles. The minimum absolute atomic E-state index is 0.0803. The average Bonchev–Trinajstić information content (AvgIpc) is 2.81. The van der Waals surface area contributed by atoms with Gasteiger partial charge in [-0.25, -0.2) is 4.98 Å². The van der Waals surface area contributed by atoms with Crippen molar-refractivity contribution < 1.29 is 14.2 Å². The minimum atomic E-state index is 0.0803. The second-order valence-corrected chi connectivity index (χ2v) is 7.29. The third-order valence-corrected chi connectivity index (χ3v) is 5.16. The fourth-order valence-electron chi connectivity index (χ4n) is 3.49. The average molecular weight is 405 g/mol. The van der Waals surface area contributed by atoms with E-state index in [1.807, 2.05) is 30.3 Å². The summed E-state index contributed by atoms with van der Waals surface area (Å²) in [5.74, 6) is 1.25. The van der Waals surface area contributed by atoms with E-state index in [4.69, 9.17) is 14.2 Å². The summed E-state index contributed by atoms with van der Waals surface area (Å²) in [6.07, 6.45) is 8.12. The van der Waals surface area contributed by atoms with Gasteiger partial charge >= 0.3 is 0 Å². The van der Waals surface area contributed by atoms with Crippen LogP contribution in [0.5, 0.6) is 11.6 Å². The number of hydrogen-bond acceptors (Lipinski definition) is 6. The third-order valence-electron chi connectivity index (χ3n) is 5.16. The number of nitrogens with one attached hydrogen (secondary N) is 1. The number of hydrogen-bond donors (Lipinski definition) is 1. The first-order valence-electron chi connectivity index (χ1n) is 10.3. The highest BCUT2D eigenvalue weighted by Crippen LogP contribution is 2.25. The molecule has 1 fully saturated rings. The van der Waals surface area contributed by atoms with Crippen LogP contribution in [0.15, 0.2) is 60.8 Å². The van der Waals surface area contributed by atoms with E-state index in [9.17, 15) is 0 Å². The van der Waals surface area contributed by atoms with E-state index in [1.165, 1.54) is 5.56 Å². The Morgan fingerprint density at radius 2 is 2.03 bits per heavy atom. The molecule has 30 heavy (non-hydrogen) atoms. The molecule has 3 aromatic rings. The number of fused-ring (bicyclic) bond motifs is 1. The maximum Gasteiger partial charge on any atom is 0.213 e. The van der Waals surface area contributed by atoms with Crippen LogP contribution in [0.1, 0.15) is 18.4 Å². The Morgan fingerprint density at radius 3 is 2.83 bits per heavy atom. The Bertz CT molecular complexity index is 970. The number of nitrogens with zero attached hydrogens (tertiary/aromatic N) is 2. The molecule has 6 nitrogen and oxygen atoms in total. The van der Waals surface area contributed by atoms with Gasteiger partial charge < -0.3 is 19.5 Å². The van der Waals surface area contributed by atoms with Crippen molar-refractivity contribution in [2.45, 2.75) is 25.0 Å². The molecular weight excluding hydrogens is 378 g/mol. The number of benzene rings is 1. The lowest BCUT2D eigenvalue weighted by Crippen LogP contribution is -2.41. The zero-order chi connectivity index (χ0) is 20.6. The molecule has 1 aromatic carbocycles. The zero-order valence-electron chi connectivity index (χ0n) is 17.2. The molecule has 2 atom stereocenters. The van der Waals surface area contributed by atoms with E-state index in [1.54, 1.807) is 19.4 Å². The summed E-state index contributed by atoms with van der Waals surface area (Å²) >= 11 is 0. The first-order valence-corrected chi connectivity index (χ1v) is 10.3. The van der Waals surface area contributed by atoms with Crippen molar-refractivity contribution in [3.8, 4) is 11.6 Å². The summed E-state index contributed by atoms with van der Waals surface area (Å²) in [6.45, 7) is 2.02. The normalized spacial score (nSPS) is 19.2. The van der Waals surface area contributed by atoms with Gasteiger partial charge in [0.25, 0.3) is 0 Å². The summed E-state index contributed by atoms with van der Waals surface area (Å²) in [7, 11) is 1.60. The van der Waals surface area contributed by atoms with Crippen molar-refractivity contribution in [3.05, 3.63) is 66.4 Å². The first kappa shape index (κ1) is 20.3. The lowest BCUT2D eigenvalue weighted by atomic mass is 10.1. The highest BCUT2D eigenvalue weighted by atomic mass is 16.5. The summed E-state index contributed by atoms with van der Waals surface area (Å²) in [6, 6.07) is 16.2. The van der Waals surface area contributed by atoms with Crippen LogP contribution in [0.25, 0.3) is 17.1 Å². The van der Waals surface area contributed by atoms with Crippen LogP contribution < -0.4 is 14.8 Å². The predicted molar refractivity (Wildman–Crippen MR) is 118 cm³/mol. The molecule has 0 spiro atoms. The minimum Gasteiger partial charge on any atom is -0.488 e. The maximum absolute atomic E-state index is 6.03. The van der Waals surface area contributed by atoms with Crippen molar-refractivity contribution >= 4 is 17.1 Å². The lowest BCUT2D eigenvalue weighted by Gasteiger charge is -2.29. The largest absolute Gasteiger partial charge is 0.488 e. The monoisotopic (exact) mass is 405 g/mol. The fraction of sp³-hybridized carbons (Fsp3) is 0.333. The molecule has 0 saturated carbocycles. The van der Waals surface area contributed by atoms with Gasteiger partial charge in [-0.15, -0.1) is 0 Å². The van der Waals surface area contributed by atoms with Gasteiger partial charge in [-0.2, -0.15) is 0 Å². The molecule has 0 unspecified atom stereocenters. The molecule has 1 aliphatic rings. The molecule has 1 aliphatic heterocycles. The molecule has 156 valence electrons. The van der Waals surface area contributed by atoms with Crippen LogP contribution in [-0.2, 0) is 4.74 Å². The molecule has 0 aliphatic carbocycles. The van der Waals surface area contributed by atoms with E-state index in [2.05, 4.69) is 39.6 Å². The van der Waals surface area contributed by atoms with Crippen LogP contribution in [0.3, 0.4) is 0 Å². The first-order chi connectivity index (χ1) is 14.8. The molecule has 0 amide bonds. The zero-order valence-corrected chi connectivity index (χ0v) is 17.2. The van der Waals surface area contributed by atoms with E-state index >= 15 is 0 Å². The fourth-order valence-corrected chi connectivity index (χ4v) is 3.49. The second-order valence-electron chi connectivity index (χ2n) is 7.29. The number of aromatic nitrogens is 2. The summed E-state index contributed by atoms with van der Waals surface area (Å²) in [5, 5.41) is 3.54. The Hall–Kier alpha value is -2.96. The van der Waals surface area contributed by atoms with E-state index in [0.717, 1.165) is 24.9 Å². The predicted octanol–water partition coefficient (Wildman–Crippen LogP) is 3.87. The maximum atomic E-state index is 6.03. The van der Waals surface area contributed by atoms with Crippen molar-refractivity contribution in [2.24, 2.45) is 0 Å². The van der Waals surface area contributed by atoms with Gasteiger partial charge in [0.05, 0.1) is 25.3 Å². The highest BCUT2D eigenvalue weighted by molar-refractivity contribution is 5.81.